The molecule has 0 spiro atoms. The Morgan fingerprint density at radius 3 is 2.41 bits per heavy atom. The zero-order chi connectivity index (χ0) is 20.6. The molecule has 29 heavy (non-hydrogen) atoms. The minimum Gasteiger partial charge on any atom is -0.451 e. The van der Waals surface area contributed by atoms with E-state index in [0.717, 1.165) is 19.3 Å². The maximum Gasteiger partial charge on any atom is 0.326 e. The van der Waals surface area contributed by atoms with Crippen LogP contribution in [0.25, 0.3) is 0 Å². The normalized spacial score (nSPS) is 30.5. The van der Waals surface area contributed by atoms with E-state index >= 15 is 0 Å². The standard InChI is InChI=1S/C21H26ClN3O4/c1-12(19(27)25-16-3-2-4-23-18(16)22)29-17(26)11-24-20(28)21-8-13-5-14(9-21)7-15(6-13)10-21/h2-4,12-15H,5-11H2,1H3,(H,24,28)(H,25,27)/t12-,13?,14?,15?,21?/m0/s1. The Morgan fingerprint density at radius 2 is 1.83 bits per heavy atom. The number of nitrogens with one attached hydrogen (secondary N) is 2. The lowest BCUT2D eigenvalue weighted by atomic mass is 9.49. The van der Waals surface area contributed by atoms with E-state index in [0.29, 0.717) is 23.4 Å². The first kappa shape index (κ1) is 20.1. The number of aromatic nitrogens is 1. The average molecular weight is 420 g/mol. The monoisotopic (exact) mass is 419 g/mol. The van der Waals surface area contributed by atoms with Crippen LogP contribution in [0.3, 0.4) is 0 Å². The van der Waals surface area contributed by atoms with Crippen LogP contribution in [0.1, 0.15) is 45.4 Å². The van der Waals surface area contributed by atoms with Gasteiger partial charge in [0.15, 0.2) is 11.3 Å². The molecule has 7 nitrogen and oxygen atoms in total. The highest BCUT2D eigenvalue weighted by Crippen LogP contribution is 2.60. The smallest absolute Gasteiger partial charge is 0.326 e. The zero-order valence-electron chi connectivity index (χ0n) is 16.4. The third kappa shape index (κ3) is 4.25. The number of carbonyl (C=O) groups excluding carboxylic acids is 3. The molecule has 0 unspecified atom stereocenters. The van der Waals surface area contributed by atoms with Gasteiger partial charge in [-0.3, -0.25) is 14.4 Å². The van der Waals surface area contributed by atoms with Crippen LogP contribution < -0.4 is 10.6 Å². The minimum absolute atomic E-state index is 0.0344. The number of hydrogen-bond acceptors (Lipinski definition) is 5. The number of amides is 2. The van der Waals surface area contributed by atoms with Gasteiger partial charge >= 0.3 is 5.97 Å². The van der Waals surface area contributed by atoms with E-state index in [-0.39, 0.29) is 23.0 Å². The molecule has 1 aromatic heterocycles. The van der Waals surface area contributed by atoms with Gasteiger partial charge in [0.2, 0.25) is 5.91 Å². The first-order valence-electron chi connectivity index (χ1n) is 10.2. The van der Waals surface area contributed by atoms with Crippen molar-refractivity contribution in [1.82, 2.24) is 10.3 Å². The molecule has 4 bridgehead atoms. The summed E-state index contributed by atoms with van der Waals surface area (Å²) < 4.78 is 5.16. The lowest BCUT2D eigenvalue weighted by molar-refractivity contribution is -0.155. The molecule has 2 N–H and O–H groups in total. The minimum atomic E-state index is -1.02. The van der Waals surface area contributed by atoms with E-state index < -0.39 is 18.0 Å². The summed E-state index contributed by atoms with van der Waals surface area (Å²) in [4.78, 5) is 41.1. The number of carbonyl (C=O) groups is 3. The van der Waals surface area contributed by atoms with E-state index in [2.05, 4.69) is 15.6 Å². The van der Waals surface area contributed by atoms with Gasteiger partial charge in [-0.25, -0.2) is 4.98 Å². The number of halogens is 1. The van der Waals surface area contributed by atoms with Crippen LogP contribution in [0.2, 0.25) is 5.15 Å². The largest absolute Gasteiger partial charge is 0.451 e. The van der Waals surface area contributed by atoms with Crippen molar-refractivity contribution in [2.45, 2.75) is 51.6 Å². The van der Waals surface area contributed by atoms with E-state index in [4.69, 9.17) is 16.3 Å². The first-order valence-corrected chi connectivity index (χ1v) is 10.6. The fraction of sp³-hybridized carbons (Fsp3) is 0.619. The second-order valence-corrected chi connectivity index (χ2v) is 9.20. The average Bonchev–Trinajstić information content (AvgIpc) is 2.66. The molecule has 0 aliphatic heterocycles. The summed E-state index contributed by atoms with van der Waals surface area (Å²) >= 11 is 5.91. The highest BCUT2D eigenvalue weighted by Gasteiger charge is 2.54. The number of esters is 1. The zero-order valence-corrected chi connectivity index (χ0v) is 17.2. The fourth-order valence-corrected chi connectivity index (χ4v) is 5.90. The SMILES string of the molecule is C[C@H](OC(=O)CNC(=O)C12CC3CC(CC(C3)C1)C2)C(=O)Nc1cccnc1Cl. The molecule has 156 valence electrons. The number of anilines is 1. The van der Waals surface area contributed by atoms with Gasteiger partial charge in [0, 0.05) is 11.6 Å². The Kier molecular flexibility index (Phi) is 5.51. The second-order valence-electron chi connectivity index (χ2n) is 8.84. The fourth-order valence-electron chi connectivity index (χ4n) is 5.73. The Labute approximate surface area is 174 Å². The first-order chi connectivity index (χ1) is 13.8. The molecule has 0 radical (unpaired) electrons. The van der Waals surface area contributed by atoms with Crippen molar-refractivity contribution in [2.24, 2.45) is 23.2 Å². The van der Waals surface area contributed by atoms with Crippen LogP contribution in [-0.4, -0.2) is 35.4 Å². The molecule has 8 heteroatoms. The van der Waals surface area contributed by atoms with E-state index in [1.165, 1.54) is 32.4 Å². The predicted molar refractivity (Wildman–Crippen MR) is 107 cm³/mol. The molecule has 2 amide bonds. The number of hydrogen-bond donors (Lipinski definition) is 2. The molecule has 0 saturated heterocycles. The van der Waals surface area contributed by atoms with Crippen LogP contribution in [0.5, 0.6) is 0 Å². The Morgan fingerprint density at radius 1 is 1.21 bits per heavy atom. The molecule has 4 saturated carbocycles. The molecule has 0 aromatic carbocycles. The summed E-state index contributed by atoms with van der Waals surface area (Å²) in [5.41, 5.74) is 0.0342. The molecule has 4 fully saturated rings. The van der Waals surface area contributed by atoms with Gasteiger partial charge in [-0.15, -0.1) is 0 Å². The van der Waals surface area contributed by atoms with Crippen molar-refractivity contribution in [3.63, 3.8) is 0 Å². The van der Waals surface area contributed by atoms with Crippen LogP contribution in [0.15, 0.2) is 18.3 Å². The second kappa shape index (κ2) is 7.94. The summed E-state index contributed by atoms with van der Waals surface area (Å²) in [7, 11) is 0. The van der Waals surface area contributed by atoms with Gasteiger partial charge in [-0.2, -0.15) is 0 Å². The summed E-state index contributed by atoms with van der Waals surface area (Å²) in [6, 6.07) is 3.24. The quantitative estimate of drug-likeness (QED) is 0.545. The Hall–Kier alpha value is -2.15. The number of nitrogens with zero attached hydrogens (tertiary/aromatic N) is 1. The summed E-state index contributed by atoms with van der Waals surface area (Å²) in [6.07, 6.45) is 7.05. The molecule has 1 heterocycles. The van der Waals surface area contributed by atoms with Crippen molar-refractivity contribution >= 4 is 35.1 Å². The van der Waals surface area contributed by atoms with Gasteiger partial charge < -0.3 is 15.4 Å². The van der Waals surface area contributed by atoms with E-state index in [1.807, 2.05) is 0 Å². The lowest BCUT2D eigenvalue weighted by Crippen LogP contribution is -2.54. The van der Waals surface area contributed by atoms with Gasteiger partial charge in [0.1, 0.15) is 6.54 Å². The third-order valence-electron chi connectivity index (χ3n) is 6.61. The predicted octanol–water partition coefficient (Wildman–Crippen LogP) is 2.94. The molecule has 4 aliphatic rings. The maximum atomic E-state index is 12.9. The lowest BCUT2D eigenvalue weighted by Gasteiger charge is -2.55. The van der Waals surface area contributed by atoms with Crippen molar-refractivity contribution in [1.29, 1.82) is 0 Å². The third-order valence-corrected chi connectivity index (χ3v) is 6.91. The Bertz CT molecular complexity index is 793. The van der Waals surface area contributed by atoms with Crippen molar-refractivity contribution in [2.75, 3.05) is 11.9 Å². The van der Waals surface area contributed by atoms with Gasteiger partial charge in [0.05, 0.1) is 5.69 Å². The highest BCUT2D eigenvalue weighted by molar-refractivity contribution is 6.32. The van der Waals surface area contributed by atoms with Crippen molar-refractivity contribution in [3.05, 3.63) is 23.5 Å². The molecule has 1 aromatic rings. The highest BCUT2D eigenvalue weighted by atomic mass is 35.5. The molecule has 4 aliphatic carbocycles. The molecule has 1 atom stereocenters. The van der Waals surface area contributed by atoms with Crippen LogP contribution in [0, 0.1) is 23.2 Å². The van der Waals surface area contributed by atoms with Gasteiger partial charge in [0.25, 0.3) is 5.91 Å². The molecular formula is C21H26ClN3O4. The number of pyridine rings is 1. The summed E-state index contributed by atoms with van der Waals surface area (Å²) in [5.74, 6) is 0.780. The number of ether oxygens (including phenoxy) is 1. The summed E-state index contributed by atoms with van der Waals surface area (Å²) in [6.45, 7) is 1.24. The topological polar surface area (TPSA) is 97.4 Å². The van der Waals surface area contributed by atoms with Crippen molar-refractivity contribution in [3.8, 4) is 0 Å². The van der Waals surface area contributed by atoms with E-state index in [9.17, 15) is 14.4 Å². The molecule has 5 rings (SSSR count). The Balaban J connectivity index is 1.26. The van der Waals surface area contributed by atoms with E-state index in [1.54, 1.807) is 12.1 Å². The van der Waals surface area contributed by atoms with Gasteiger partial charge in [-0.05, 0) is 75.3 Å². The van der Waals surface area contributed by atoms with Crippen molar-refractivity contribution < 1.29 is 19.1 Å². The van der Waals surface area contributed by atoms with Gasteiger partial charge in [-0.1, -0.05) is 11.6 Å². The van der Waals surface area contributed by atoms with Crippen LogP contribution in [-0.2, 0) is 19.1 Å². The van der Waals surface area contributed by atoms with Crippen LogP contribution >= 0.6 is 11.6 Å². The maximum absolute atomic E-state index is 12.9. The number of rotatable bonds is 6. The summed E-state index contributed by atoms with van der Waals surface area (Å²) in [5, 5.41) is 5.49. The van der Waals surface area contributed by atoms with Crippen LogP contribution in [0.4, 0.5) is 5.69 Å². The molecular weight excluding hydrogens is 394 g/mol.